The molecule has 2 aliphatic rings. The quantitative estimate of drug-likeness (QED) is 0.510. The van der Waals surface area contributed by atoms with E-state index in [4.69, 9.17) is 4.55 Å². The Morgan fingerprint density at radius 1 is 1.38 bits per heavy atom. The van der Waals surface area contributed by atoms with Crippen LogP contribution in [0.3, 0.4) is 0 Å². The molecule has 0 aromatic heterocycles. The Kier molecular flexibility index (Phi) is 3.91. The summed E-state index contributed by atoms with van der Waals surface area (Å²) in [4.78, 5) is 13.8. The lowest BCUT2D eigenvalue weighted by molar-refractivity contribution is -0.133. The van der Waals surface area contributed by atoms with Crippen molar-refractivity contribution in [2.75, 3.05) is 32.7 Å². The zero-order valence-electron chi connectivity index (χ0n) is 9.02. The van der Waals surface area contributed by atoms with Gasteiger partial charge in [-0.3, -0.25) is 4.79 Å². The van der Waals surface area contributed by atoms with E-state index in [0.717, 1.165) is 26.2 Å². The second kappa shape index (κ2) is 5.22. The smallest absolute Gasteiger partial charge is 0.239 e. The summed E-state index contributed by atoms with van der Waals surface area (Å²) < 4.78 is 19.8. The van der Waals surface area contributed by atoms with Crippen molar-refractivity contribution in [1.82, 2.24) is 15.5 Å². The lowest BCUT2D eigenvalue weighted by Crippen LogP contribution is -2.51. The third-order valence-electron chi connectivity index (χ3n) is 3.10. The van der Waals surface area contributed by atoms with Crippen molar-refractivity contribution in [2.45, 2.75) is 17.7 Å². The SMILES string of the molecule is O=C(C1CC(S(=O)O)CN1)N1CCNCC1. The number of nitrogens with one attached hydrogen (secondary N) is 2. The summed E-state index contributed by atoms with van der Waals surface area (Å²) in [6.45, 7) is 3.56. The van der Waals surface area contributed by atoms with Crippen LogP contribution in [0.1, 0.15) is 6.42 Å². The molecule has 3 N–H and O–H groups in total. The van der Waals surface area contributed by atoms with Gasteiger partial charge in [-0.1, -0.05) is 0 Å². The standard InChI is InChI=1S/C9H17N3O3S/c13-9(12-3-1-10-2-4-12)8-5-7(6-11-8)16(14)15/h7-8,10-11H,1-6H2,(H,14,15). The molecular weight excluding hydrogens is 230 g/mol. The molecule has 2 heterocycles. The van der Waals surface area contributed by atoms with Gasteiger partial charge in [0, 0.05) is 32.7 Å². The van der Waals surface area contributed by atoms with E-state index in [0.29, 0.717) is 13.0 Å². The maximum Gasteiger partial charge on any atom is 0.239 e. The number of amides is 1. The molecule has 2 rings (SSSR count). The van der Waals surface area contributed by atoms with Gasteiger partial charge in [0.25, 0.3) is 0 Å². The first-order chi connectivity index (χ1) is 7.68. The van der Waals surface area contributed by atoms with Gasteiger partial charge < -0.3 is 20.1 Å². The molecule has 2 aliphatic heterocycles. The summed E-state index contributed by atoms with van der Waals surface area (Å²) in [5, 5.41) is 5.90. The molecule has 1 amide bonds. The largest absolute Gasteiger partial charge is 0.339 e. The minimum Gasteiger partial charge on any atom is -0.339 e. The van der Waals surface area contributed by atoms with Gasteiger partial charge in [-0.25, -0.2) is 4.21 Å². The van der Waals surface area contributed by atoms with Crippen LogP contribution in [0.2, 0.25) is 0 Å². The van der Waals surface area contributed by atoms with Crippen molar-refractivity contribution in [3.63, 3.8) is 0 Å². The van der Waals surface area contributed by atoms with Crippen LogP contribution in [0.4, 0.5) is 0 Å². The number of piperazine rings is 1. The summed E-state index contributed by atoms with van der Waals surface area (Å²) in [5.41, 5.74) is 0. The van der Waals surface area contributed by atoms with Gasteiger partial charge in [-0.2, -0.15) is 0 Å². The van der Waals surface area contributed by atoms with Gasteiger partial charge >= 0.3 is 0 Å². The summed E-state index contributed by atoms with van der Waals surface area (Å²) >= 11 is -1.83. The molecule has 0 aromatic rings. The number of hydrogen-bond acceptors (Lipinski definition) is 4. The van der Waals surface area contributed by atoms with Crippen molar-refractivity contribution in [3.05, 3.63) is 0 Å². The number of rotatable bonds is 2. The molecule has 0 radical (unpaired) electrons. The molecule has 3 atom stereocenters. The average Bonchev–Trinajstić information content (AvgIpc) is 2.78. The van der Waals surface area contributed by atoms with Gasteiger partial charge in [0.15, 0.2) is 11.1 Å². The lowest BCUT2D eigenvalue weighted by atomic mass is 10.2. The van der Waals surface area contributed by atoms with E-state index in [1.54, 1.807) is 0 Å². The predicted molar refractivity (Wildman–Crippen MR) is 60.4 cm³/mol. The molecule has 0 spiro atoms. The number of hydrogen-bond donors (Lipinski definition) is 3. The first-order valence-corrected chi connectivity index (χ1v) is 6.68. The van der Waals surface area contributed by atoms with E-state index in [1.165, 1.54) is 0 Å². The van der Waals surface area contributed by atoms with Crippen LogP contribution in [-0.2, 0) is 15.9 Å². The van der Waals surface area contributed by atoms with E-state index in [2.05, 4.69) is 10.6 Å². The maximum atomic E-state index is 12.0. The van der Waals surface area contributed by atoms with Crippen LogP contribution in [0.5, 0.6) is 0 Å². The van der Waals surface area contributed by atoms with Crippen LogP contribution in [0, 0.1) is 0 Å². The second-order valence-electron chi connectivity index (χ2n) is 4.17. The third-order valence-corrected chi connectivity index (χ3v) is 4.03. The van der Waals surface area contributed by atoms with Crippen LogP contribution in [0.25, 0.3) is 0 Å². The third kappa shape index (κ3) is 2.60. The Morgan fingerprint density at radius 3 is 2.62 bits per heavy atom. The van der Waals surface area contributed by atoms with E-state index in [9.17, 15) is 9.00 Å². The number of nitrogens with zero attached hydrogens (tertiary/aromatic N) is 1. The van der Waals surface area contributed by atoms with E-state index >= 15 is 0 Å². The highest BCUT2D eigenvalue weighted by Gasteiger charge is 2.34. The zero-order valence-corrected chi connectivity index (χ0v) is 9.83. The van der Waals surface area contributed by atoms with Crippen molar-refractivity contribution in [1.29, 1.82) is 0 Å². The van der Waals surface area contributed by atoms with Crippen molar-refractivity contribution >= 4 is 17.0 Å². The molecule has 0 aliphatic carbocycles. The average molecular weight is 247 g/mol. The van der Waals surface area contributed by atoms with Gasteiger partial charge in [0.1, 0.15) is 0 Å². The number of carbonyl (C=O) groups is 1. The minimum absolute atomic E-state index is 0.0643. The Bertz CT molecular complexity index is 294. The highest BCUT2D eigenvalue weighted by molar-refractivity contribution is 7.79. The molecule has 92 valence electrons. The first kappa shape index (κ1) is 12.0. The van der Waals surface area contributed by atoms with Crippen LogP contribution < -0.4 is 10.6 Å². The molecule has 6 nitrogen and oxygen atoms in total. The Labute approximate surface area is 97.0 Å². The van der Waals surface area contributed by atoms with Crippen LogP contribution in [0.15, 0.2) is 0 Å². The van der Waals surface area contributed by atoms with E-state index in [-0.39, 0.29) is 17.2 Å². The normalized spacial score (nSPS) is 32.7. The Balaban J connectivity index is 1.88. The molecule has 2 fully saturated rings. The van der Waals surface area contributed by atoms with Crippen molar-refractivity contribution in [3.8, 4) is 0 Å². The van der Waals surface area contributed by atoms with Gasteiger partial charge in [-0.05, 0) is 6.42 Å². The summed E-state index contributed by atoms with van der Waals surface area (Å²) in [7, 11) is 0. The molecule has 3 unspecified atom stereocenters. The summed E-state index contributed by atoms with van der Waals surface area (Å²) in [5.74, 6) is 0.0643. The van der Waals surface area contributed by atoms with E-state index in [1.807, 2.05) is 4.90 Å². The summed E-state index contributed by atoms with van der Waals surface area (Å²) in [6, 6.07) is -0.279. The predicted octanol–water partition coefficient (Wildman–Crippen LogP) is -1.63. The van der Waals surface area contributed by atoms with Crippen LogP contribution in [-0.4, -0.2) is 63.6 Å². The fourth-order valence-electron chi connectivity index (χ4n) is 2.15. The fraction of sp³-hybridized carbons (Fsp3) is 0.889. The molecular formula is C9H17N3O3S. The molecule has 0 bridgehead atoms. The highest BCUT2D eigenvalue weighted by atomic mass is 32.2. The Hall–Kier alpha value is -0.500. The molecule has 0 saturated carbocycles. The minimum atomic E-state index is -1.83. The second-order valence-corrected chi connectivity index (χ2v) is 5.39. The Morgan fingerprint density at radius 2 is 2.06 bits per heavy atom. The van der Waals surface area contributed by atoms with E-state index < -0.39 is 11.1 Å². The number of carbonyl (C=O) groups excluding carboxylic acids is 1. The fourth-order valence-corrected chi connectivity index (χ4v) is 2.75. The first-order valence-electron chi connectivity index (χ1n) is 5.51. The molecule has 2 saturated heterocycles. The molecule has 16 heavy (non-hydrogen) atoms. The maximum absolute atomic E-state index is 12.0. The van der Waals surface area contributed by atoms with Gasteiger partial charge in [0.2, 0.25) is 5.91 Å². The highest BCUT2D eigenvalue weighted by Crippen LogP contribution is 2.14. The topological polar surface area (TPSA) is 81.7 Å². The summed E-state index contributed by atoms with van der Waals surface area (Å²) in [6.07, 6.45) is 0.464. The molecule has 7 heteroatoms. The monoisotopic (exact) mass is 247 g/mol. The lowest BCUT2D eigenvalue weighted by Gasteiger charge is -2.29. The van der Waals surface area contributed by atoms with Crippen molar-refractivity contribution < 1.29 is 13.6 Å². The zero-order chi connectivity index (χ0) is 11.5. The van der Waals surface area contributed by atoms with Gasteiger partial charge in [0.05, 0.1) is 11.3 Å². The van der Waals surface area contributed by atoms with Crippen LogP contribution >= 0.6 is 0 Å². The van der Waals surface area contributed by atoms with Gasteiger partial charge in [-0.15, -0.1) is 0 Å². The van der Waals surface area contributed by atoms with Crippen molar-refractivity contribution in [2.24, 2.45) is 0 Å². The molecule has 0 aromatic carbocycles.